The van der Waals surface area contributed by atoms with E-state index in [1.165, 1.54) is 22.7 Å². The van der Waals surface area contributed by atoms with E-state index < -0.39 is 5.97 Å². The second-order valence-electron chi connectivity index (χ2n) is 2.99. The van der Waals surface area contributed by atoms with Crippen LogP contribution in [0.5, 0.6) is 0 Å². The second-order valence-corrected chi connectivity index (χ2v) is 5.05. The molecule has 4 nitrogen and oxygen atoms in total. The van der Waals surface area contributed by atoms with Gasteiger partial charge in [0.15, 0.2) is 0 Å². The Morgan fingerprint density at radius 3 is 2.60 bits per heavy atom. The number of thiazole rings is 2. The van der Waals surface area contributed by atoms with Crippen LogP contribution in [0.4, 0.5) is 0 Å². The third kappa shape index (κ3) is 1.91. The first-order valence-corrected chi connectivity index (χ1v) is 5.91. The molecule has 2 aromatic rings. The van der Waals surface area contributed by atoms with Gasteiger partial charge in [-0.15, -0.1) is 22.7 Å². The van der Waals surface area contributed by atoms with E-state index in [4.69, 9.17) is 5.11 Å². The largest absolute Gasteiger partial charge is 0.477 e. The summed E-state index contributed by atoms with van der Waals surface area (Å²) in [7, 11) is 0. The molecule has 2 heterocycles. The molecule has 2 aromatic heterocycles. The Labute approximate surface area is 94.3 Å². The van der Waals surface area contributed by atoms with E-state index >= 15 is 0 Å². The van der Waals surface area contributed by atoms with Crippen molar-refractivity contribution in [2.24, 2.45) is 0 Å². The lowest BCUT2D eigenvalue weighted by atomic mass is 10.4. The molecular formula is C9H8N2O2S2. The highest BCUT2D eigenvalue weighted by Gasteiger charge is 2.16. The Kier molecular flexibility index (Phi) is 2.54. The molecule has 0 spiro atoms. The molecule has 15 heavy (non-hydrogen) atoms. The molecular weight excluding hydrogens is 232 g/mol. The third-order valence-electron chi connectivity index (χ3n) is 1.83. The molecule has 0 aliphatic rings. The van der Waals surface area contributed by atoms with Gasteiger partial charge in [0, 0.05) is 5.38 Å². The minimum absolute atomic E-state index is 0.288. The fourth-order valence-electron chi connectivity index (χ4n) is 1.17. The van der Waals surface area contributed by atoms with Gasteiger partial charge in [-0.1, -0.05) is 0 Å². The van der Waals surface area contributed by atoms with E-state index in [9.17, 15) is 4.79 Å². The summed E-state index contributed by atoms with van der Waals surface area (Å²) in [5, 5.41) is 12.4. The van der Waals surface area contributed by atoms with Crippen molar-refractivity contribution >= 4 is 28.6 Å². The summed E-state index contributed by atoms with van der Waals surface area (Å²) < 4.78 is 0. The Morgan fingerprint density at radius 2 is 2.13 bits per heavy atom. The highest BCUT2D eigenvalue weighted by atomic mass is 32.1. The summed E-state index contributed by atoms with van der Waals surface area (Å²) in [6.45, 7) is 3.61. The van der Waals surface area contributed by atoms with Crippen LogP contribution >= 0.6 is 22.7 Å². The number of carboxylic acids is 1. The molecule has 78 valence electrons. The summed E-state index contributed by atoms with van der Waals surface area (Å²) in [6, 6.07) is 0. The number of rotatable bonds is 2. The van der Waals surface area contributed by atoms with Crippen LogP contribution in [0.15, 0.2) is 5.38 Å². The molecule has 0 amide bonds. The molecule has 0 atom stereocenters. The molecule has 1 N–H and O–H groups in total. The summed E-state index contributed by atoms with van der Waals surface area (Å²) in [5.74, 6) is -0.928. The molecule has 2 rings (SSSR count). The smallest absolute Gasteiger partial charge is 0.347 e. The molecule has 0 radical (unpaired) electrons. The zero-order valence-electron chi connectivity index (χ0n) is 8.14. The number of aromatic nitrogens is 2. The van der Waals surface area contributed by atoms with Crippen molar-refractivity contribution in [2.75, 3.05) is 0 Å². The predicted octanol–water partition coefficient (Wildman–Crippen LogP) is 2.58. The number of nitrogens with zero attached hydrogens (tertiary/aromatic N) is 2. The molecule has 0 aliphatic heterocycles. The van der Waals surface area contributed by atoms with Crippen molar-refractivity contribution in [3.05, 3.63) is 21.0 Å². The van der Waals surface area contributed by atoms with Crippen LogP contribution in [-0.2, 0) is 0 Å². The topological polar surface area (TPSA) is 63.1 Å². The van der Waals surface area contributed by atoms with E-state index in [-0.39, 0.29) is 4.88 Å². The maximum atomic E-state index is 10.8. The average Bonchev–Trinajstić information content (AvgIpc) is 2.71. The van der Waals surface area contributed by atoms with Crippen molar-refractivity contribution in [3.8, 4) is 10.7 Å². The van der Waals surface area contributed by atoms with Crippen LogP contribution in [0, 0.1) is 13.8 Å². The first-order chi connectivity index (χ1) is 7.08. The maximum absolute atomic E-state index is 10.8. The molecule has 0 unspecified atom stereocenters. The lowest BCUT2D eigenvalue weighted by molar-refractivity contribution is 0.0701. The van der Waals surface area contributed by atoms with Crippen LogP contribution < -0.4 is 0 Å². The molecule has 6 heteroatoms. The molecule has 0 fully saturated rings. The van der Waals surface area contributed by atoms with Crippen molar-refractivity contribution in [1.29, 1.82) is 0 Å². The number of hydrogen-bond donors (Lipinski definition) is 1. The van der Waals surface area contributed by atoms with Gasteiger partial charge in [0.05, 0.1) is 10.7 Å². The molecule has 0 aliphatic carbocycles. The van der Waals surface area contributed by atoms with Crippen LogP contribution in [-0.4, -0.2) is 21.0 Å². The summed E-state index contributed by atoms with van der Waals surface area (Å²) >= 11 is 2.70. The lowest BCUT2D eigenvalue weighted by Gasteiger charge is -1.85. The number of carboxylic acid groups (broad SMARTS) is 1. The normalized spacial score (nSPS) is 10.5. The molecule has 0 saturated heterocycles. The van der Waals surface area contributed by atoms with Gasteiger partial charge in [-0.3, -0.25) is 0 Å². The predicted molar refractivity (Wildman–Crippen MR) is 59.7 cm³/mol. The average molecular weight is 240 g/mol. The van der Waals surface area contributed by atoms with Gasteiger partial charge in [0.1, 0.15) is 15.6 Å². The minimum Gasteiger partial charge on any atom is -0.477 e. The Morgan fingerprint density at radius 1 is 1.40 bits per heavy atom. The van der Waals surface area contributed by atoms with Gasteiger partial charge in [-0.05, 0) is 13.8 Å². The second kappa shape index (κ2) is 3.71. The van der Waals surface area contributed by atoms with Gasteiger partial charge < -0.3 is 5.11 Å². The van der Waals surface area contributed by atoms with Crippen LogP contribution in [0.2, 0.25) is 0 Å². The van der Waals surface area contributed by atoms with E-state index in [2.05, 4.69) is 9.97 Å². The Balaban J connectivity index is 2.46. The zero-order chi connectivity index (χ0) is 11.0. The molecule has 0 aromatic carbocycles. The van der Waals surface area contributed by atoms with Crippen LogP contribution in [0.3, 0.4) is 0 Å². The SMILES string of the molecule is Cc1nc(-c2nc(C)c(C(=O)O)s2)cs1. The highest BCUT2D eigenvalue weighted by Crippen LogP contribution is 2.28. The van der Waals surface area contributed by atoms with Gasteiger partial charge >= 0.3 is 5.97 Å². The van der Waals surface area contributed by atoms with Gasteiger partial charge in [0.2, 0.25) is 0 Å². The van der Waals surface area contributed by atoms with Crippen molar-refractivity contribution < 1.29 is 9.90 Å². The molecule has 0 bridgehead atoms. The van der Waals surface area contributed by atoms with Crippen molar-refractivity contribution in [1.82, 2.24) is 9.97 Å². The van der Waals surface area contributed by atoms with E-state index in [0.29, 0.717) is 10.7 Å². The lowest BCUT2D eigenvalue weighted by Crippen LogP contribution is -1.94. The number of aryl methyl sites for hydroxylation is 2. The summed E-state index contributed by atoms with van der Waals surface area (Å²) in [5.41, 5.74) is 1.31. The summed E-state index contributed by atoms with van der Waals surface area (Å²) in [6.07, 6.45) is 0. The van der Waals surface area contributed by atoms with Gasteiger partial charge in [-0.2, -0.15) is 0 Å². The fourth-order valence-corrected chi connectivity index (χ4v) is 2.70. The van der Waals surface area contributed by atoms with Crippen molar-refractivity contribution in [2.45, 2.75) is 13.8 Å². The number of aromatic carboxylic acids is 1. The van der Waals surface area contributed by atoms with Crippen LogP contribution in [0.25, 0.3) is 10.7 Å². The van der Waals surface area contributed by atoms with E-state index in [1.807, 2.05) is 12.3 Å². The number of carbonyl (C=O) groups is 1. The number of hydrogen-bond acceptors (Lipinski definition) is 5. The standard InChI is InChI=1S/C9H8N2O2S2/c1-4-7(9(12)13)15-8(10-4)6-3-14-5(2)11-6/h3H,1-2H3,(H,12,13). The quantitative estimate of drug-likeness (QED) is 0.876. The fraction of sp³-hybridized carbons (Fsp3) is 0.222. The van der Waals surface area contributed by atoms with E-state index in [1.54, 1.807) is 6.92 Å². The first-order valence-electron chi connectivity index (χ1n) is 4.21. The third-order valence-corrected chi connectivity index (χ3v) is 3.77. The Bertz CT molecular complexity index is 516. The molecule has 0 saturated carbocycles. The Hall–Kier alpha value is -1.27. The first kappa shape index (κ1) is 10.3. The zero-order valence-corrected chi connectivity index (χ0v) is 9.78. The van der Waals surface area contributed by atoms with Gasteiger partial charge in [-0.25, -0.2) is 14.8 Å². The van der Waals surface area contributed by atoms with Crippen molar-refractivity contribution in [3.63, 3.8) is 0 Å². The highest BCUT2D eigenvalue weighted by molar-refractivity contribution is 7.17. The minimum atomic E-state index is -0.928. The van der Waals surface area contributed by atoms with E-state index in [0.717, 1.165) is 10.7 Å². The van der Waals surface area contributed by atoms with Crippen LogP contribution in [0.1, 0.15) is 20.4 Å². The summed E-state index contributed by atoms with van der Waals surface area (Å²) in [4.78, 5) is 19.6. The van der Waals surface area contributed by atoms with Gasteiger partial charge in [0.25, 0.3) is 0 Å². The maximum Gasteiger partial charge on any atom is 0.347 e. The monoisotopic (exact) mass is 240 g/mol.